The average Bonchev–Trinajstić information content (AvgIpc) is 3.20. The van der Waals surface area contributed by atoms with Gasteiger partial charge in [-0.3, -0.25) is 9.59 Å². The summed E-state index contributed by atoms with van der Waals surface area (Å²) in [6.07, 6.45) is 1.19. The van der Waals surface area contributed by atoms with Gasteiger partial charge in [0, 0.05) is 12.1 Å². The topological polar surface area (TPSA) is 85.2 Å². The van der Waals surface area contributed by atoms with Crippen LogP contribution in [0.5, 0.6) is 5.75 Å². The fourth-order valence-electron chi connectivity index (χ4n) is 4.26. The number of rotatable bonds is 7. The van der Waals surface area contributed by atoms with Crippen molar-refractivity contribution in [3.63, 3.8) is 0 Å². The molecule has 5 rings (SSSR count). The SMILES string of the molecule is CC(NC(=O)Cn1c(COc2ccccc2)nc2ccccc21)c1ccc2c(c1)CCC(=O)N2. The van der Waals surface area contributed by atoms with E-state index in [2.05, 4.69) is 16.7 Å². The number of carbonyl (C=O) groups excluding carboxylic acids is 2. The molecule has 2 N–H and O–H groups in total. The van der Waals surface area contributed by atoms with Crippen LogP contribution in [0, 0.1) is 0 Å². The molecule has 7 heteroatoms. The lowest BCUT2D eigenvalue weighted by molar-refractivity contribution is -0.122. The molecule has 0 saturated heterocycles. The monoisotopic (exact) mass is 454 g/mol. The lowest BCUT2D eigenvalue weighted by Gasteiger charge is -2.21. The largest absolute Gasteiger partial charge is 0.486 e. The van der Waals surface area contributed by atoms with Crippen molar-refractivity contribution < 1.29 is 14.3 Å². The number of benzene rings is 3. The van der Waals surface area contributed by atoms with E-state index in [4.69, 9.17) is 9.72 Å². The van der Waals surface area contributed by atoms with Crippen LogP contribution in [-0.4, -0.2) is 21.4 Å². The standard InChI is InChI=1S/C27H26N4O3/c1-18(19-11-13-22-20(15-19)12-14-26(32)30-22)28-27(33)16-31-24-10-6-5-9-23(24)29-25(31)17-34-21-7-3-2-4-8-21/h2-11,13,15,18H,12,14,16-17H2,1H3,(H,28,33)(H,30,32). The van der Waals surface area contributed by atoms with E-state index in [0.29, 0.717) is 18.7 Å². The summed E-state index contributed by atoms with van der Waals surface area (Å²) < 4.78 is 7.82. The van der Waals surface area contributed by atoms with Crippen LogP contribution in [0.2, 0.25) is 0 Å². The predicted molar refractivity (Wildman–Crippen MR) is 130 cm³/mol. The van der Waals surface area contributed by atoms with E-state index in [1.54, 1.807) is 0 Å². The van der Waals surface area contributed by atoms with Crippen LogP contribution in [0.4, 0.5) is 5.69 Å². The summed E-state index contributed by atoms with van der Waals surface area (Å²) in [4.78, 5) is 29.3. The molecule has 2 heterocycles. The first-order chi connectivity index (χ1) is 16.6. The van der Waals surface area contributed by atoms with Crippen LogP contribution in [0.3, 0.4) is 0 Å². The number of aryl methyl sites for hydroxylation is 1. The van der Waals surface area contributed by atoms with Crippen molar-refractivity contribution in [3.8, 4) is 5.75 Å². The number of amides is 2. The van der Waals surface area contributed by atoms with Gasteiger partial charge in [-0.05, 0) is 54.8 Å². The van der Waals surface area contributed by atoms with Gasteiger partial charge in [-0.2, -0.15) is 0 Å². The van der Waals surface area contributed by atoms with Crippen molar-refractivity contribution in [2.45, 2.75) is 39.0 Å². The van der Waals surface area contributed by atoms with Crippen molar-refractivity contribution in [2.24, 2.45) is 0 Å². The zero-order valence-electron chi connectivity index (χ0n) is 19.0. The smallest absolute Gasteiger partial charge is 0.240 e. The van der Waals surface area contributed by atoms with Gasteiger partial charge >= 0.3 is 0 Å². The summed E-state index contributed by atoms with van der Waals surface area (Å²) in [5, 5.41) is 6.00. The van der Waals surface area contributed by atoms with Crippen LogP contribution in [0.25, 0.3) is 11.0 Å². The highest BCUT2D eigenvalue weighted by atomic mass is 16.5. The fourth-order valence-corrected chi connectivity index (χ4v) is 4.26. The Balaban J connectivity index is 1.31. The van der Waals surface area contributed by atoms with E-state index in [0.717, 1.165) is 33.6 Å². The van der Waals surface area contributed by atoms with Gasteiger partial charge in [0.1, 0.15) is 24.7 Å². The number of hydrogen-bond acceptors (Lipinski definition) is 4. The van der Waals surface area contributed by atoms with E-state index in [-0.39, 0.29) is 31.0 Å². The average molecular weight is 455 g/mol. The second kappa shape index (κ2) is 9.39. The molecule has 0 aliphatic carbocycles. The first-order valence-electron chi connectivity index (χ1n) is 11.4. The molecular formula is C27H26N4O3. The molecule has 2 amide bonds. The first kappa shape index (κ1) is 21.7. The van der Waals surface area contributed by atoms with E-state index >= 15 is 0 Å². The van der Waals surface area contributed by atoms with Gasteiger partial charge in [-0.15, -0.1) is 0 Å². The summed E-state index contributed by atoms with van der Waals surface area (Å²) in [5.41, 5.74) is 4.67. The summed E-state index contributed by atoms with van der Waals surface area (Å²) >= 11 is 0. The molecule has 1 unspecified atom stereocenters. The number of fused-ring (bicyclic) bond motifs is 2. The number of para-hydroxylation sites is 3. The van der Waals surface area contributed by atoms with Gasteiger partial charge in [0.2, 0.25) is 11.8 Å². The highest BCUT2D eigenvalue weighted by Crippen LogP contribution is 2.26. The van der Waals surface area contributed by atoms with E-state index < -0.39 is 0 Å². The van der Waals surface area contributed by atoms with Gasteiger partial charge in [-0.25, -0.2) is 4.98 Å². The molecule has 3 aromatic carbocycles. The number of hydrogen-bond donors (Lipinski definition) is 2. The Morgan fingerprint density at radius 3 is 2.74 bits per heavy atom. The van der Waals surface area contributed by atoms with Crippen LogP contribution in [0.1, 0.15) is 36.3 Å². The maximum atomic E-state index is 13.0. The lowest BCUT2D eigenvalue weighted by Crippen LogP contribution is -2.31. The summed E-state index contributed by atoms with van der Waals surface area (Å²) in [5.74, 6) is 1.38. The van der Waals surface area contributed by atoms with Gasteiger partial charge in [0.25, 0.3) is 0 Å². The minimum atomic E-state index is -0.172. The number of ether oxygens (including phenoxy) is 1. The maximum absolute atomic E-state index is 13.0. The molecule has 172 valence electrons. The number of nitrogens with zero attached hydrogens (tertiary/aromatic N) is 2. The van der Waals surface area contributed by atoms with E-state index in [9.17, 15) is 9.59 Å². The third kappa shape index (κ3) is 4.64. The van der Waals surface area contributed by atoms with E-state index in [1.807, 2.05) is 78.2 Å². The first-order valence-corrected chi connectivity index (χ1v) is 11.4. The summed E-state index contributed by atoms with van der Waals surface area (Å²) in [6, 6.07) is 23.1. The highest BCUT2D eigenvalue weighted by Gasteiger charge is 2.19. The molecule has 1 aliphatic heterocycles. The fraction of sp³-hybridized carbons (Fsp3) is 0.222. The Hall–Kier alpha value is -4.13. The van der Waals surface area contributed by atoms with E-state index in [1.165, 1.54) is 0 Å². The summed E-state index contributed by atoms with van der Waals surface area (Å²) in [7, 11) is 0. The molecular weight excluding hydrogens is 428 g/mol. The van der Waals surface area contributed by atoms with Gasteiger partial charge < -0.3 is 19.9 Å². The van der Waals surface area contributed by atoms with Crippen molar-refractivity contribution in [1.29, 1.82) is 0 Å². The number of anilines is 1. The van der Waals surface area contributed by atoms with Gasteiger partial charge in [0.15, 0.2) is 0 Å². The molecule has 34 heavy (non-hydrogen) atoms. The summed E-state index contributed by atoms with van der Waals surface area (Å²) in [6.45, 7) is 2.36. The number of aromatic nitrogens is 2. The van der Waals surface area contributed by atoms with Crippen molar-refractivity contribution >= 4 is 28.5 Å². The van der Waals surface area contributed by atoms with Crippen molar-refractivity contribution in [1.82, 2.24) is 14.9 Å². The van der Waals surface area contributed by atoms with Crippen LogP contribution in [0.15, 0.2) is 72.8 Å². The number of imidazole rings is 1. The second-order valence-corrected chi connectivity index (χ2v) is 8.46. The highest BCUT2D eigenvalue weighted by molar-refractivity contribution is 5.94. The molecule has 0 fully saturated rings. The maximum Gasteiger partial charge on any atom is 0.240 e. The number of carbonyl (C=O) groups is 2. The third-order valence-corrected chi connectivity index (χ3v) is 6.05. The molecule has 0 bridgehead atoms. The minimum absolute atomic E-state index is 0.0428. The Bertz CT molecular complexity index is 1350. The Morgan fingerprint density at radius 1 is 1.09 bits per heavy atom. The molecule has 1 aliphatic rings. The molecule has 7 nitrogen and oxygen atoms in total. The normalized spacial score (nSPS) is 13.7. The number of nitrogens with one attached hydrogen (secondary N) is 2. The van der Waals surface area contributed by atoms with Crippen LogP contribution >= 0.6 is 0 Å². The molecule has 1 atom stereocenters. The van der Waals surface area contributed by atoms with Gasteiger partial charge in [-0.1, -0.05) is 42.5 Å². The molecule has 1 aromatic heterocycles. The molecule has 0 radical (unpaired) electrons. The predicted octanol–water partition coefficient (Wildman–Crippen LogP) is 4.38. The zero-order valence-corrected chi connectivity index (χ0v) is 19.0. The quantitative estimate of drug-likeness (QED) is 0.434. The Labute approximate surface area is 197 Å². The zero-order chi connectivity index (χ0) is 23.5. The molecule has 0 spiro atoms. The van der Waals surface area contributed by atoms with Crippen LogP contribution in [-0.2, 0) is 29.2 Å². The van der Waals surface area contributed by atoms with Crippen LogP contribution < -0.4 is 15.4 Å². The van der Waals surface area contributed by atoms with Gasteiger partial charge in [0.05, 0.1) is 17.1 Å². The third-order valence-electron chi connectivity index (χ3n) is 6.05. The second-order valence-electron chi connectivity index (χ2n) is 8.46. The lowest BCUT2D eigenvalue weighted by atomic mass is 9.98. The Kier molecular flexibility index (Phi) is 5.99. The Morgan fingerprint density at radius 2 is 1.88 bits per heavy atom. The molecule has 4 aromatic rings. The molecule has 0 saturated carbocycles. The van der Waals surface area contributed by atoms with Crippen molar-refractivity contribution in [2.75, 3.05) is 5.32 Å². The van der Waals surface area contributed by atoms with Crippen molar-refractivity contribution in [3.05, 3.63) is 89.7 Å². The minimum Gasteiger partial charge on any atom is -0.486 e.